The van der Waals surface area contributed by atoms with E-state index in [0.717, 1.165) is 23.3 Å². The molecule has 210 valence electrons. The van der Waals surface area contributed by atoms with Crippen LogP contribution in [0.15, 0.2) is 48.1 Å². The van der Waals surface area contributed by atoms with Gasteiger partial charge in [0.15, 0.2) is 0 Å². The van der Waals surface area contributed by atoms with Gasteiger partial charge in [-0.15, -0.1) is 0 Å². The molecule has 4 N–H and O–H groups in total. The molecule has 0 atom stereocenters. The van der Waals surface area contributed by atoms with Crippen molar-refractivity contribution in [3.8, 4) is 5.75 Å². The molecule has 2 aromatic rings. The largest absolute Gasteiger partial charge is 0.495 e. The number of hydrogen-bond donors (Lipinski definition) is 3. The van der Waals surface area contributed by atoms with Crippen LogP contribution in [0.4, 0.5) is 21.7 Å². The van der Waals surface area contributed by atoms with Crippen molar-refractivity contribution in [2.75, 3.05) is 55.8 Å². The van der Waals surface area contributed by atoms with Gasteiger partial charge in [-0.05, 0) is 45.0 Å². The Hall–Kier alpha value is -3.79. The normalized spacial score (nSPS) is 14.9. The Bertz CT molecular complexity index is 1270. The van der Waals surface area contributed by atoms with E-state index in [0.29, 0.717) is 54.8 Å². The van der Waals surface area contributed by atoms with Crippen molar-refractivity contribution in [2.24, 2.45) is 0 Å². The molecule has 9 nitrogen and oxygen atoms in total. The monoisotopic (exact) mass is 557 g/mol. The van der Waals surface area contributed by atoms with E-state index < -0.39 is 5.82 Å². The molecule has 1 aliphatic rings. The molecule has 0 saturated carbocycles. The first-order valence-corrected chi connectivity index (χ1v) is 13.3. The zero-order valence-corrected chi connectivity index (χ0v) is 23.9. The summed E-state index contributed by atoms with van der Waals surface area (Å²) in [7, 11) is 1.49. The van der Waals surface area contributed by atoms with Crippen LogP contribution in [0.1, 0.15) is 39.7 Å². The molecule has 0 bridgehead atoms. The predicted octanol–water partition coefficient (Wildman–Crippen LogP) is 4.83. The van der Waals surface area contributed by atoms with E-state index in [1.807, 2.05) is 37.1 Å². The van der Waals surface area contributed by atoms with Crippen molar-refractivity contribution >= 4 is 40.4 Å². The molecule has 2 heterocycles. The summed E-state index contributed by atoms with van der Waals surface area (Å²) in [6.45, 7) is 9.86. The second-order valence-corrected chi connectivity index (χ2v) is 9.40. The third-order valence-corrected chi connectivity index (χ3v) is 6.95. The topological polar surface area (TPSA) is 109 Å². The minimum Gasteiger partial charge on any atom is -0.495 e. The minimum atomic E-state index is -0.424. The summed E-state index contributed by atoms with van der Waals surface area (Å²) in [4.78, 5) is 25.3. The molecule has 39 heavy (non-hydrogen) atoms. The fourth-order valence-corrected chi connectivity index (χ4v) is 4.60. The van der Waals surface area contributed by atoms with Gasteiger partial charge in [0, 0.05) is 43.5 Å². The minimum absolute atomic E-state index is 0.0255. The third-order valence-electron chi connectivity index (χ3n) is 6.66. The van der Waals surface area contributed by atoms with Crippen LogP contribution in [0.2, 0.25) is 5.02 Å². The Balaban J connectivity index is 1.73. The summed E-state index contributed by atoms with van der Waals surface area (Å²) < 4.78 is 19.8. The highest BCUT2D eigenvalue weighted by atomic mass is 35.5. The number of nitrogens with two attached hydrogens (primary N) is 1. The van der Waals surface area contributed by atoms with Crippen molar-refractivity contribution in [3.63, 3.8) is 0 Å². The van der Waals surface area contributed by atoms with Gasteiger partial charge >= 0.3 is 0 Å². The Labute approximate surface area is 234 Å². The molecule has 1 aromatic carbocycles. The Kier molecular flexibility index (Phi) is 10.6. The summed E-state index contributed by atoms with van der Waals surface area (Å²) in [5.41, 5.74) is 10.2. The number of allylic oxidation sites excluding steroid dienone is 4. The van der Waals surface area contributed by atoms with Crippen molar-refractivity contribution in [3.05, 3.63) is 64.5 Å². The molecular formula is C28H37ClFN7O2. The second kappa shape index (κ2) is 13.8. The van der Waals surface area contributed by atoms with Crippen molar-refractivity contribution in [1.29, 1.82) is 0 Å². The van der Waals surface area contributed by atoms with Crippen LogP contribution in [0, 0.1) is 5.82 Å². The molecular weight excluding hydrogens is 521 g/mol. The van der Waals surface area contributed by atoms with Crippen LogP contribution in [0.25, 0.3) is 5.57 Å². The number of rotatable bonds is 10. The third kappa shape index (κ3) is 7.00. The predicted molar refractivity (Wildman–Crippen MR) is 156 cm³/mol. The maximum Gasteiger partial charge on any atom is 0.242 e. The number of amides is 1. The van der Waals surface area contributed by atoms with Crippen molar-refractivity contribution in [2.45, 2.75) is 34.1 Å². The van der Waals surface area contributed by atoms with Crippen LogP contribution in [0.5, 0.6) is 5.75 Å². The lowest BCUT2D eigenvalue weighted by molar-refractivity contribution is -0.129. The molecule has 11 heteroatoms. The fraction of sp³-hybridized carbons (Fsp3) is 0.393. The number of anilines is 3. The average molecular weight is 558 g/mol. The fourth-order valence-electron chi connectivity index (χ4n) is 4.37. The zero-order chi connectivity index (χ0) is 28.5. The van der Waals surface area contributed by atoms with E-state index in [-0.39, 0.29) is 17.5 Å². The number of carbonyl (C=O) groups excluding carboxylic acids is 1. The van der Waals surface area contributed by atoms with Gasteiger partial charge in [0.05, 0.1) is 29.9 Å². The number of benzene rings is 1. The number of nitrogens with one attached hydrogen (secondary N) is 2. The molecule has 0 unspecified atom stereocenters. The highest BCUT2D eigenvalue weighted by Gasteiger charge is 2.25. The molecule has 1 amide bonds. The van der Waals surface area contributed by atoms with E-state index >= 15 is 0 Å². The molecule has 1 aromatic heterocycles. The van der Waals surface area contributed by atoms with Crippen LogP contribution in [-0.4, -0.2) is 60.6 Å². The summed E-state index contributed by atoms with van der Waals surface area (Å²) in [5.74, 6) is 0.671. The lowest BCUT2D eigenvalue weighted by Crippen LogP contribution is -2.50. The van der Waals surface area contributed by atoms with Gasteiger partial charge < -0.3 is 30.9 Å². The number of hydrogen-bond acceptors (Lipinski definition) is 8. The van der Waals surface area contributed by atoms with Gasteiger partial charge in [0.1, 0.15) is 29.5 Å². The smallest absolute Gasteiger partial charge is 0.242 e. The van der Waals surface area contributed by atoms with E-state index in [4.69, 9.17) is 22.1 Å². The van der Waals surface area contributed by atoms with Crippen LogP contribution < -0.4 is 26.0 Å². The van der Waals surface area contributed by atoms with Crippen molar-refractivity contribution < 1.29 is 13.9 Å². The van der Waals surface area contributed by atoms with Gasteiger partial charge in [-0.3, -0.25) is 4.79 Å². The van der Waals surface area contributed by atoms with Gasteiger partial charge in [-0.25, -0.2) is 14.4 Å². The standard InChI is InChI=1S/C28H37ClFN7O2/c1-6-9-32-26(18(4)7-2)19(8-3)25-27(31)34-17-35-28(25)33-16-24(38)37-12-10-36(11-13-37)22-15-23(39-5)20(29)14-21(22)30/h6,8-9,14-15,17,32H,7,10-13,16H2,1-5H3,(H3,31,33,34,35)/b9-6-,19-8-,26-18?. The van der Waals surface area contributed by atoms with E-state index in [9.17, 15) is 9.18 Å². The second-order valence-electron chi connectivity index (χ2n) is 9.00. The molecule has 1 fully saturated rings. The summed E-state index contributed by atoms with van der Waals surface area (Å²) in [5, 5.41) is 6.73. The summed E-state index contributed by atoms with van der Waals surface area (Å²) >= 11 is 6.03. The first-order valence-electron chi connectivity index (χ1n) is 12.9. The van der Waals surface area contributed by atoms with Crippen LogP contribution in [0.3, 0.4) is 0 Å². The van der Waals surface area contributed by atoms with Crippen molar-refractivity contribution in [1.82, 2.24) is 20.2 Å². The molecule has 0 aliphatic carbocycles. The highest BCUT2D eigenvalue weighted by Crippen LogP contribution is 2.34. The molecule has 0 radical (unpaired) electrons. The van der Waals surface area contributed by atoms with Crippen LogP contribution >= 0.6 is 11.6 Å². The molecule has 3 rings (SSSR count). The van der Waals surface area contributed by atoms with Gasteiger partial charge in [0.2, 0.25) is 5.91 Å². The number of nitrogen functional groups attached to an aromatic ring is 1. The first-order chi connectivity index (χ1) is 18.7. The number of piperazine rings is 1. The number of nitrogens with zero attached hydrogens (tertiary/aromatic N) is 4. The van der Waals surface area contributed by atoms with E-state index in [2.05, 4.69) is 34.4 Å². The first kappa shape index (κ1) is 29.8. The Morgan fingerprint density at radius 3 is 2.56 bits per heavy atom. The Morgan fingerprint density at radius 2 is 1.95 bits per heavy atom. The summed E-state index contributed by atoms with van der Waals surface area (Å²) in [6, 6.07) is 2.84. The summed E-state index contributed by atoms with van der Waals surface area (Å²) in [6.07, 6.45) is 7.95. The highest BCUT2D eigenvalue weighted by molar-refractivity contribution is 6.32. The van der Waals surface area contributed by atoms with Gasteiger partial charge in [-0.1, -0.05) is 30.7 Å². The maximum atomic E-state index is 14.6. The number of halogens is 2. The molecule has 0 spiro atoms. The average Bonchev–Trinajstić information content (AvgIpc) is 2.94. The van der Waals surface area contributed by atoms with Gasteiger partial charge in [-0.2, -0.15) is 0 Å². The lowest BCUT2D eigenvalue weighted by Gasteiger charge is -2.36. The Morgan fingerprint density at radius 1 is 1.23 bits per heavy atom. The molecule has 1 saturated heterocycles. The van der Waals surface area contributed by atoms with E-state index in [1.54, 1.807) is 11.0 Å². The van der Waals surface area contributed by atoms with E-state index in [1.165, 1.54) is 19.5 Å². The number of aromatic nitrogens is 2. The zero-order valence-electron chi connectivity index (χ0n) is 23.1. The quantitative estimate of drug-likeness (QED) is 0.356. The lowest BCUT2D eigenvalue weighted by atomic mass is 9.98. The number of ether oxygens (including phenoxy) is 1. The SMILES string of the molecule is C/C=C\NC(=C(C)CC)/C(=C\C)c1c(N)ncnc1NCC(=O)N1CCN(c2cc(OC)c(Cl)cc2F)CC1. The molecule has 1 aliphatic heterocycles. The number of methoxy groups -OCH3 is 1. The van der Waals surface area contributed by atoms with Gasteiger partial charge in [0.25, 0.3) is 0 Å². The number of carbonyl (C=O) groups is 1. The van der Waals surface area contributed by atoms with Crippen LogP contribution in [-0.2, 0) is 4.79 Å². The maximum absolute atomic E-state index is 14.6.